The molecule has 7 nitrogen and oxygen atoms in total. The Bertz CT molecular complexity index is 1190. The topological polar surface area (TPSA) is 98.4 Å². The molecule has 7 heteroatoms. The molecule has 1 aliphatic rings. The number of nitrogens with one attached hydrogen (secondary N) is 2. The molecule has 0 bridgehead atoms. The fourth-order valence-corrected chi connectivity index (χ4v) is 4.01. The van der Waals surface area contributed by atoms with Crippen LogP contribution in [0.25, 0.3) is 16.5 Å². The normalized spacial score (nSPS) is 14.3. The molecule has 4 N–H and O–H groups in total. The minimum atomic E-state index is -0.450. The summed E-state index contributed by atoms with van der Waals surface area (Å²) in [4.78, 5) is 25.5. The van der Waals surface area contributed by atoms with Crippen LogP contribution in [-0.4, -0.2) is 30.0 Å². The van der Waals surface area contributed by atoms with E-state index in [-0.39, 0.29) is 11.2 Å². The summed E-state index contributed by atoms with van der Waals surface area (Å²) >= 11 is 0. The van der Waals surface area contributed by atoms with Gasteiger partial charge in [0.25, 0.3) is 11.8 Å². The van der Waals surface area contributed by atoms with Crippen molar-refractivity contribution in [3.8, 4) is 5.75 Å². The Labute approximate surface area is 180 Å². The van der Waals surface area contributed by atoms with Gasteiger partial charge in [-0.2, -0.15) is 0 Å². The number of hydrogen-bond donors (Lipinski definition) is 3. The van der Waals surface area contributed by atoms with Crippen LogP contribution in [0.4, 0.5) is 5.69 Å². The molecule has 3 aromatic rings. The number of nitrogens with zero attached hydrogens (tertiary/aromatic N) is 1. The molecule has 1 aromatic heterocycles. The van der Waals surface area contributed by atoms with Gasteiger partial charge in [-0.3, -0.25) is 14.9 Å². The van der Waals surface area contributed by atoms with Gasteiger partial charge >= 0.3 is 0 Å². The van der Waals surface area contributed by atoms with Gasteiger partial charge in [0.05, 0.1) is 12.7 Å². The summed E-state index contributed by atoms with van der Waals surface area (Å²) in [6.07, 6.45) is 2.68. The van der Waals surface area contributed by atoms with E-state index in [1.165, 1.54) is 0 Å². The number of carbonyl (C=O) groups excluding carboxylic acids is 2. The lowest BCUT2D eigenvalue weighted by Crippen LogP contribution is -2.28. The first kappa shape index (κ1) is 20.7. The smallest absolute Gasteiger partial charge is 0.275 e. The minimum absolute atomic E-state index is 0.231. The molecule has 2 aromatic carbocycles. The number of hydrogen-bond acceptors (Lipinski definition) is 5. The number of anilines is 1. The van der Waals surface area contributed by atoms with Crippen LogP contribution in [0, 0.1) is 0 Å². The number of nitrogens with two attached hydrogens (primary N) is 1. The molecule has 0 spiro atoms. The molecular weight excluding hydrogens is 392 g/mol. The predicted molar refractivity (Wildman–Crippen MR) is 122 cm³/mol. The third kappa shape index (κ3) is 3.68. The zero-order chi connectivity index (χ0) is 22.2. The molecule has 1 aliphatic heterocycles. The van der Waals surface area contributed by atoms with Gasteiger partial charge in [0, 0.05) is 33.9 Å². The van der Waals surface area contributed by atoms with Crippen LogP contribution in [0.2, 0.25) is 0 Å². The molecule has 0 aliphatic carbocycles. The van der Waals surface area contributed by atoms with Crippen LogP contribution in [0.15, 0.2) is 60.4 Å². The Morgan fingerprint density at radius 2 is 1.84 bits per heavy atom. The van der Waals surface area contributed by atoms with Crippen molar-refractivity contribution in [1.82, 2.24) is 9.88 Å². The number of benzene rings is 2. The summed E-state index contributed by atoms with van der Waals surface area (Å²) in [5, 5.41) is 6.38. The SMILES string of the molecule is COc1ccc2c(c1)c(C1=C(Nc3ccccc3)C(=O)NC1=O)cn2C(C)(C)CCN. The first-order chi connectivity index (χ1) is 14.9. The molecule has 0 radical (unpaired) electrons. The van der Waals surface area contributed by atoms with Crippen molar-refractivity contribution in [2.24, 2.45) is 5.73 Å². The summed E-state index contributed by atoms with van der Waals surface area (Å²) in [5.41, 5.74) is 8.45. The van der Waals surface area contributed by atoms with Crippen LogP contribution >= 0.6 is 0 Å². The Morgan fingerprint density at radius 3 is 2.52 bits per heavy atom. The molecular formula is C24H26N4O3. The van der Waals surface area contributed by atoms with Gasteiger partial charge in [-0.05, 0) is 57.1 Å². The summed E-state index contributed by atoms with van der Waals surface area (Å²) in [6, 6.07) is 15.1. The van der Waals surface area contributed by atoms with Crippen molar-refractivity contribution >= 4 is 34.0 Å². The van der Waals surface area contributed by atoms with E-state index in [4.69, 9.17) is 10.5 Å². The van der Waals surface area contributed by atoms with Gasteiger partial charge in [0.15, 0.2) is 0 Å². The van der Waals surface area contributed by atoms with Crippen molar-refractivity contribution in [1.29, 1.82) is 0 Å². The highest BCUT2D eigenvalue weighted by Crippen LogP contribution is 2.37. The first-order valence-corrected chi connectivity index (χ1v) is 10.2. The molecule has 31 heavy (non-hydrogen) atoms. The second-order valence-corrected chi connectivity index (χ2v) is 8.17. The van der Waals surface area contributed by atoms with Gasteiger partial charge in [-0.1, -0.05) is 18.2 Å². The van der Waals surface area contributed by atoms with Crippen LogP contribution in [0.1, 0.15) is 25.8 Å². The quantitative estimate of drug-likeness (QED) is 0.512. The zero-order valence-corrected chi connectivity index (χ0v) is 17.9. The number of carbonyl (C=O) groups is 2. The van der Waals surface area contributed by atoms with E-state index in [1.807, 2.05) is 54.7 Å². The van der Waals surface area contributed by atoms with Crippen molar-refractivity contribution in [2.45, 2.75) is 25.8 Å². The number of imide groups is 1. The fourth-order valence-electron chi connectivity index (χ4n) is 4.01. The minimum Gasteiger partial charge on any atom is -0.497 e. The predicted octanol–water partition coefficient (Wildman–Crippen LogP) is 3.21. The summed E-state index contributed by atoms with van der Waals surface area (Å²) in [6.45, 7) is 4.73. The van der Waals surface area contributed by atoms with Crippen molar-refractivity contribution in [2.75, 3.05) is 19.0 Å². The lowest BCUT2D eigenvalue weighted by Gasteiger charge is -2.27. The standard InChI is InChI=1S/C24H26N4O3/c1-24(2,11-12-25)28-14-18(17-13-16(31-3)9-10-19(17)28)20-21(23(30)27-22(20)29)26-15-7-5-4-6-8-15/h4-10,13-14H,11-12,25H2,1-3H3,(H2,26,27,29,30). The molecule has 4 rings (SSSR count). The Hall–Kier alpha value is -3.58. The van der Waals surface area contributed by atoms with E-state index in [0.717, 1.165) is 23.0 Å². The van der Waals surface area contributed by atoms with Crippen LogP contribution in [0.3, 0.4) is 0 Å². The van der Waals surface area contributed by atoms with Crippen LogP contribution in [0.5, 0.6) is 5.75 Å². The maximum Gasteiger partial charge on any atom is 0.275 e. The highest BCUT2D eigenvalue weighted by Gasteiger charge is 2.34. The molecule has 0 atom stereocenters. The Morgan fingerprint density at radius 1 is 1.10 bits per heavy atom. The maximum atomic E-state index is 12.9. The van der Waals surface area contributed by atoms with Crippen LogP contribution < -0.4 is 21.1 Å². The average molecular weight is 418 g/mol. The lowest BCUT2D eigenvalue weighted by molar-refractivity contribution is -0.123. The third-order valence-electron chi connectivity index (χ3n) is 5.66. The number of ether oxygens (including phenoxy) is 1. The highest BCUT2D eigenvalue weighted by atomic mass is 16.5. The molecule has 2 heterocycles. The molecule has 2 amide bonds. The number of methoxy groups -OCH3 is 1. The summed E-state index contributed by atoms with van der Waals surface area (Å²) in [5.74, 6) is -0.207. The third-order valence-corrected chi connectivity index (χ3v) is 5.66. The number of aromatic nitrogens is 1. The number of para-hydroxylation sites is 1. The fraction of sp³-hybridized carbons (Fsp3) is 0.250. The summed E-state index contributed by atoms with van der Waals surface area (Å²) < 4.78 is 7.54. The van der Waals surface area contributed by atoms with Crippen molar-refractivity contribution in [3.63, 3.8) is 0 Å². The van der Waals surface area contributed by atoms with Crippen LogP contribution in [-0.2, 0) is 15.1 Å². The van der Waals surface area contributed by atoms with Gasteiger partial charge in [-0.15, -0.1) is 0 Å². The monoisotopic (exact) mass is 418 g/mol. The second kappa shape index (κ2) is 7.92. The van der Waals surface area contributed by atoms with E-state index in [9.17, 15) is 9.59 Å². The molecule has 0 unspecified atom stereocenters. The van der Waals surface area contributed by atoms with Gasteiger partial charge < -0.3 is 20.4 Å². The number of rotatable bonds is 7. The lowest BCUT2D eigenvalue weighted by atomic mass is 10.0. The van der Waals surface area contributed by atoms with Crippen molar-refractivity contribution < 1.29 is 14.3 Å². The van der Waals surface area contributed by atoms with E-state index in [2.05, 4.69) is 29.0 Å². The van der Waals surface area contributed by atoms with E-state index < -0.39 is 11.8 Å². The van der Waals surface area contributed by atoms with Crippen molar-refractivity contribution in [3.05, 3.63) is 66.0 Å². The zero-order valence-electron chi connectivity index (χ0n) is 17.9. The number of fused-ring (bicyclic) bond motifs is 1. The maximum absolute atomic E-state index is 12.9. The highest BCUT2D eigenvalue weighted by molar-refractivity contribution is 6.38. The average Bonchev–Trinajstić information content (AvgIpc) is 3.25. The molecule has 160 valence electrons. The van der Waals surface area contributed by atoms with E-state index in [1.54, 1.807) is 7.11 Å². The Kier molecular flexibility index (Phi) is 5.29. The van der Waals surface area contributed by atoms with Gasteiger partial charge in [-0.25, -0.2) is 0 Å². The molecule has 0 fully saturated rings. The van der Waals surface area contributed by atoms with E-state index >= 15 is 0 Å². The number of amides is 2. The summed E-state index contributed by atoms with van der Waals surface area (Å²) in [7, 11) is 1.60. The van der Waals surface area contributed by atoms with E-state index in [0.29, 0.717) is 23.4 Å². The second-order valence-electron chi connectivity index (χ2n) is 8.17. The first-order valence-electron chi connectivity index (χ1n) is 10.2. The largest absolute Gasteiger partial charge is 0.497 e. The molecule has 0 saturated carbocycles. The van der Waals surface area contributed by atoms with Gasteiger partial charge in [0.1, 0.15) is 11.4 Å². The Balaban J connectivity index is 1.96. The van der Waals surface area contributed by atoms with Gasteiger partial charge in [0.2, 0.25) is 0 Å². The molecule has 0 saturated heterocycles.